The molecule has 0 atom stereocenters. The van der Waals surface area contributed by atoms with Crippen molar-refractivity contribution in [2.75, 3.05) is 11.9 Å². The topological polar surface area (TPSA) is 86.1 Å². The standard InChI is InChI=1S/C17H22N4O3S/c1-6-21-10(3)13(15(11(21)4)16(23)24-7-2)8-9-14(22)18-17-20-19-12(5)25-17/h8-9H,6-7H2,1-5H3,(H,18,20,22)/b9-8+. The van der Waals surface area contributed by atoms with Crippen molar-refractivity contribution < 1.29 is 14.3 Å². The number of amides is 1. The third kappa shape index (κ3) is 4.14. The number of aromatic nitrogens is 3. The molecule has 0 fully saturated rings. The highest BCUT2D eigenvalue weighted by Crippen LogP contribution is 2.25. The molecule has 0 unspecified atom stereocenters. The predicted octanol–water partition coefficient (Wildman–Crippen LogP) is 3.11. The summed E-state index contributed by atoms with van der Waals surface area (Å²) in [6.45, 7) is 10.4. The van der Waals surface area contributed by atoms with Gasteiger partial charge >= 0.3 is 5.97 Å². The fraction of sp³-hybridized carbons (Fsp3) is 0.412. The lowest BCUT2D eigenvalue weighted by Crippen LogP contribution is -2.09. The number of nitrogens with zero attached hydrogens (tertiary/aromatic N) is 3. The number of nitrogens with one attached hydrogen (secondary N) is 1. The van der Waals surface area contributed by atoms with E-state index in [1.54, 1.807) is 13.0 Å². The Kier molecular flexibility index (Phi) is 6.08. The van der Waals surface area contributed by atoms with Crippen LogP contribution in [0.1, 0.15) is 46.2 Å². The summed E-state index contributed by atoms with van der Waals surface area (Å²) < 4.78 is 7.19. The van der Waals surface area contributed by atoms with Crippen molar-refractivity contribution in [1.29, 1.82) is 0 Å². The van der Waals surface area contributed by atoms with Gasteiger partial charge in [0, 0.05) is 29.6 Å². The van der Waals surface area contributed by atoms with Crippen LogP contribution in [0, 0.1) is 20.8 Å². The van der Waals surface area contributed by atoms with Crippen LogP contribution >= 0.6 is 11.3 Å². The average Bonchev–Trinajstić information content (AvgIpc) is 3.06. The summed E-state index contributed by atoms with van der Waals surface area (Å²) in [5, 5.41) is 11.6. The van der Waals surface area contributed by atoms with Crippen LogP contribution in [0.5, 0.6) is 0 Å². The van der Waals surface area contributed by atoms with E-state index in [0.29, 0.717) is 22.9 Å². The molecule has 0 saturated heterocycles. The Morgan fingerprint density at radius 3 is 2.48 bits per heavy atom. The van der Waals surface area contributed by atoms with Crippen LogP contribution in [0.4, 0.5) is 5.13 Å². The minimum absolute atomic E-state index is 0.300. The maximum atomic E-state index is 12.3. The molecule has 8 heteroatoms. The summed E-state index contributed by atoms with van der Waals surface area (Å²) in [5.41, 5.74) is 2.94. The minimum Gasteiger partial charge on any atom is -0.462 e. The maximum absolute atomic E-state index is 12.3. The SMILES string of the molecule is CCOC(=O)c1c(/C=C/C(=O)Nc2nnc(C)s2)c(C)n(CC)c1C. The first-order chi connectivity index (χ1) is 11.9. The van der Waals surface area contributed by atoms with Crippen LogP contribution < -0.4 is 5.32 Å². The van der Waals surface area contributed by atoms with Gasteiger partial charge in [-0.3, -0.25) is 10.1 Å². The molecule has 0 aliphatic heterocycles. The number of rotatable bonds is 6. The number of hydrogen-bond donors (Lipinski definition) is 1. The lowest BCUT2D eigenvalue weighted by Gasteiger charge is -2.05. The molecule has 0 bridgehead atoms. The Hall–Kier alpha value is -2.48. The predicted molar refractivity (Wildman–Crippen MR) is 97.8 cm³/mol. The summed E-state index contributed by atoms with van der Waals surface area (Å²) in [6, 6.07) is 0. The van der Waals surface area contributed by atoms with Gasteiger partial charge in [0.1, 0.15) is 5.01 Å². The third-order valence-electron chi connectivity index (χ3n) is 3.78. The molecule has 134 valence electrons. The van der Waals surface area contributed by atoms with Crippen LogP contribution in [0.2, 0.25) is 0 Å². The Labute approximate surface area is 150 Å². The number of carbonyl (C=O) groups is 2. The zero-order valence-electron chi connectivity index (χ0n) is 15.0. The first kappa shape index (κ1) is 18.9. The van der Waals surface area contributed by atoms with E-state index in [0.717, 1.165) is 22.9 Å². The molecule has 2 aromatic rings. The normalized spacial score (nSPS) is 11.1. The first-order valence-electron chi connectivity index (χ1n) is 8.04. The van der Waals surface area contributed by atoms with E-state index < -0.39 is 0 Å². The largest absolute Gasteiger partial charge is 0.462 e. The van der Waals surface area contributed by atoms with Crippen LogP contribution in [-0.2, 0) is 16.1 Å². The van der Waals surface area contributed by atoms with Crippen molar-refractivity contribution in [3.8, 4) is 0 Å². The van der Waals surface area contributed by atoms with Gasteiger partial charge in [0.25, 0.3) is 0 Å². The average molecular weight is 362 g/mol. The second-order valence-electron chi connectivity index (χ2n) is 5.37. The molecule has 7 nitrogen and oxygen atoms in total. The summed E-state index contributed by atoms with van der Waals surface area (Å²) in [6.07, 6.45) is 3.03. The summed E-state index contributed by atoms with van der Waals surface area (Å²) in [4.78, 5) is 24.4. The molecule has 1 N–H and O–H groups in total. The Balaban J connectivity index is 2.30. The van der Waals surface area contributed by atoms with Gasteiger partial charge in [0.2, 0.25) is 11.0 Å². The molecule has 0 aromatic carbocycles. The highest BCUT2D eigenvalue weighted by molar-refractivity contribution is 7.15. The van der Waals surface area contributed by atoms with Gasteiger partial charge in [-0.2, -0.15) is 0 Å². The van der Waals surface area contributed by atoms with Crippen LogP contribution in [0.3, 0.4) is 0 Å². The van der Waals surface area contributed by atoms with Crippen molar-refractivity contribution in [2.45, 2.75) is 41.2 Å². The number of anilines is 1. The molecule has 2 aromatic heterocycles. The molecule has 0 radical (unpaired) electrons. The van der Waals surface area contributed by atoms with E-state index in [1.807, 2.05) is 32.3 Å². The highest BCUT2D eigenvalue weighted by atomic mass is 32.1. The van der Waals surface area contributed by atoms with Crippen molar-refractivity contribution in [1.82, 2.24) is 14.8 Å². The lowest BCUT2D eigenvalue weighted by molar-refractivity contribution is -0.111. The number of aryl methyl sites for hydroxylation is 1. The second-order valence-corrected chi connectivity index (χ2v) is 6.55. The minimum atomic E-state index is -0.380. The molecule has 2 rings (SSSR count). The molecule has 0 aliphatic rings. The molecule has 2 heterocycles. The van der Waals surface area contributed by atoms with E-state index in [-0.39, 0.29) is 11.9 Å². The number of esters is 1. The molecular formula is C17H22N4O3S. The Morgan fingerprint density at radius 2 is 1.92 bits per heavy atom. The van der Waals surface area contributed by atoms with Gasteiger partial charge in [0.05, 0.1) is 12.2 Å². The number of hydrogen-bond acceptors (Lipinski definition) is 6. The van der Waals surface area contributed by atoms with Crippen molar-refractivity contribution in [3.05, 3.63) is 33.6 Å². The monoisotopic (exact) mass is 362 g/mol. The molecule has 0 saturated carbocycles. The first-order valence-corrected chi connectivity index (χ1v) is 8.86. The maximum Gasteiger partial charge on any atom is 0.340 e. The summed E-state index contributed by atoms with van der Waals surface area (Å²) in [7, 11) is 0. The fourth-order valence-electron chi connectivity index (χ4n) is 2.70. The molecule has 1 amide bonds. The zero-order valence-corrected chi connectivity index (χ0v) is 15.9. The van der Waals surface area contributed by atoms with Gasteiger partial charge in [-0.25, -0.2) is 4.79 Å². The lowest BCUT2D eigenvalue weighted by atomic mass is 10.1. The quantitative estimate of drug-likeness (QED) is 0.630. The Bertz CT molecular complexity index is 820. The summed E-state index contributed by atoms with van der Waals surface area (Å²) in [5.74, 6) is -0.706. The number of carbonyl (C=O) groups excluding carboxylic acids is 2. The van der Waals surface area contributed by atoms with Gasteiger partial charge in [-0.05, 0) is 40.7 Å². The smallest absolute Gasteiger partial charge is 0.340 e. The van der Waals surface area contributed by atoms with Crippen molar-refractivity contribution in [3.63, 3.8) is 0 Å². The van der Waals surface area contributed by atoms with Crippen LogP contribution in [0.25, 0.3) is 6.08 Å². The van der Waals surface area contributed by atoms with Crippen LogP contribution in [-0.4, -0.2) is 33.2 Å². The zero-order chi connectivity index (χ0) is 18.6. The molecular weight excluding hydrogens is 340 g/mol. The van der Waals surface area contributed by atoms with Gasteiger partial charge in [0.15, 0.2) is 0 Å². The van der Waals surface area contributed by atoms with E-state index in [9.17, 15) is 9.59 Å². The number of ether oxygens (including phenoxy) is 1. The van der Waals surface area contributed by atoms with Gasteiger partial charge in [-0.15, -0.1) is 10.2 Å². The highest BCUT2D eigenvalue weighted by Gasteiger charge is 2.22. The molecule has 0 aliphatic carbocycles. The van der Waals surface area contributed by atoms with E-state index in [2.05, 4.69) is 15.5 Å². The van der Waals surface area contributed by atoms with E-state index >= 15 is 0 Å². The van der Waals surface area contributed by atoms with Crippen molar-refractivity contribution >= 4 is 34.4 Å². The Morgan fingerprint density at radius 1 is 1.20 bits per heavy atom. The summed E-state index contributed by atoms with van der Waals surface area (Å²) >= 11 is 1.30. The molecule has 25 heavy (non-hydrogen) atoms. The van der Waals surface area contributed by atoms with Gasteiger partial charge < -0.3 is 9.30 Å². The van der Waals surface area contributed by atoms with Crippen molar-refractivity contribution in [2.24, 2.45) is 0 Å². The van der Waals surface area contributed by atoms with E-state index in [1.165, 1.54) is 17.4 Å². The fourth-order valence-corrected chi connectivity index (χ4v) is 3.29. The molecule has 0 spiro atoms. The van der Waals surface area contributed by atoms with Gasteiger partial charge in [-0.1, -0.05) is 11.3 Å². The third-order valence-corrected chi connectivity index (χ3v) is 4.54. The second kappa shape index (κ2) is 8.06. The van der Waals surface area contributed by atoms with E-state index in [4.69, 9.17) is 4.74 Å². The van der Waals surface area contributed by atoms with Crippen LogP contribution in [0.15, 0.2) is 6.08 Å².